The number of carboxylic acid groups (broad SMARTS) is 4. The van der Waals surface area contributed by atoms with Gasteiger partial charge in [-0.25, -0.2) is 19.2 Å². The highest BCUT2D eigenvalue weighted by molar-refractivity contribution is 6.67. The van der Waals surface area contributed by atoms with Crippen molar-refractivity contribution in [2.75, 3.05) is 0 Å². The maximum atomic E-state index is 11.4. The van der Waals surface area contributed by atoms with Gasteiger partial charge in [0.05, 0.1) is 31.8 Å². The number of carbonyl (C=O) groups is 4. The molecule has 0 spiro atoms. The van der Waals surface area contributed by atoms with Crippen LogP contribution < -0.4 is 19.8 Å². The van der Waals surface area contributed by atoms with E-state index in [1.165, 1.54) is 36.4 Å². The van der Waals surface area contributed by atoms with Gasteiger partial charge in [-0.15, -0.1) is 0 Å². The Morgan fingerprint density at radius 3 is 1.05 bits per heavy atom. The molecule has 0 unspecified atom stereocenters. The van der Waals surface area contributed by atoms with Gasteiger partial charge >= 0.3 is 23.9 Å². The number of hydrogen-bond donors (Lipinski definition) is 4. The van der Waals surface area contributed by atoms with Crippen molar-refractivity contribution in [2.45, 2.75) is 0 Å². The number of ether oxygens (including phenoxy) is 2. The van der Waals surface area contributed by atoms with Crippen molar-refractivity contribution in [1.29, 1.82) is 0 Å². The Bertz CT molecular complexity index is 1460. The molecule has 0 saturated heterocycles. The molecule has 0 aliphatic carbocycles. The van der Waals surface area contributed by atoms with Gasteiger partial charge < -0.3 is 29.9 Å². The number of benzene rings is 4. The highest BCUT2D eigenvalue weighted by Gasteiger charge is 2.18. The van der Waals surface area contributed by atoms with Gasteiger partial charge in [0.25, 0.3) is 0 Å². The molecule has 4 aromatic carbocycles. The molecular formula is C28H20O10Si. The molecule has 0 atom stereocenters. The number of rotatable bonds is 10. The van der Waals surface area contributed by atoms with Crippen molar-refractivity contribution in [3.63, 3.8) is 0 Å². The zero-order chi connectivity index (χ0) is 28.1. The van der Waals surface area contributed by atoms with Gasteiger partial charge in [0.1, 0.15) is 23.0 Å². The summed E-state index contributed by atoms with van der Waals surface area (Å²) in [5, 5.41) is 39.0. The van der Waals surface area contributed by atoms with E-state index in [2.05, 4.69) is 0 Å². The largest absolute Gasteiger partial charge is 0.478 e. The molecule has 0 bridgehead atoms. The van der Waals surface area contributed by atoms with E-state index in [1.807, 2.05) is 24.3 Å². The van der Waals surface area contributed by atoms with Gasteiger partial charge in [-0.05, 0) is 60.7 Å². The molecule has 0 fully saturated rings. The minimum absolute atomic E-state index is 0.200. The molecule has 4 N–H and O–H groups in total. The second kappa shape index (κ2) is 11.3. The van der Waals surface area contributed by atoms with Crippen LogP contribution in [0, 0.1) is 0 Å². The zero-order valence-corrected chi connectivity index (χ0v) is 21.4. The van der Waals surface area contributed by atoms with Crippen LogP contribution in [0.2, 0.25) is 0 Å². The van der Waals surface area contributed by atoms with Gasteiger partial charge in [-0.1, -0.05) is 34.6 Å². The van der Waals surface area contributed by atoms with Crippen LogP contribution in [0.15, 0.2) is 84.9 Å². The van der Waals surface area contributed by atoms with Crippen LogP contribution in [-0.2, 0) is 0 Å². The van der Waals surface area contributed by atoms with Crippen LogP contribution >= 0.6 is 0 Å². The first-order valence-electron chi connectivity index (χ1n) is 11.4. The molecule has 4 rings (SSSR count). The van der Waals surface area contributed by atoms with Crippen LogP contribution in [0.1, 0.15) is 41.4 Å². The molecule has 0 aliphatic heterocycles. The summed E-state index contributed by atoms with van der Waals surface area (Å²) in [4.78, 5) is 45.2. The van der Waals surface area contributed by atoms with E-state index in [0.717, 1.165) is 10.4 Å². The van der Waals surface area contributed by atoms with Crippen molar-refractivity contribution in [2.24, 2.45) is 0 Å². The first-order valence-corrected chi connectivity index (χ1v) is 12.8. The summed E-state index contributed by atoms with van der Waals surface area (Å²) in [5.41, 5.74) is -1.38. The summed E-state index contributed by atoms with van der Waals surface area (Å²) >= 11 is 0. The molecule has 4 aromatic rings. The van der Waals surface area contributed by atoms with Crippen molar-refractivity contribution < 1.29 is 49.1 Å². The second-order valence-corrected chi connectivity index (χ2v) is 10.3. The smallest absolute Gasteiger partial charge is 0.336 e. The van der Waals surface area contributed by atoms with E-state index in [9.17, 15) is 29.4 Å². The Hall–Kier alpha value is -5.42. The lowest BCUT2D eigenvalue weighted by atomic mass is 10.1. The Balaban J connectivity index is 1.40. The van der Waals surface area contributed by atoms with Crippen LogP contribution in [0.25, 0.3) is 0 Å². The first-order chi connectivity index (χ1) is 18.6. The Labute approximate surface area is 223 Å². The standard InChI is InChI=1S/C28H20O10Si/c29-25(30)21-11-5-17(13-23(21)27(33)34)37-15-1-7-19(8-2-15)39-20-9-3-16(4-10-20)38-18-6-12-22(26(31)32)24(14-18)28(35)36/h1-14H,39H2,(H,29,30)(H,31,32)(H,33,34)(H,35,36). The van der Waals surface area contributed by atoms with Crippen molar-refractivity contribution in [3.05, 3.63) is 107 Å². The molecule has 0 aliphatic rings. The maximum absolute atomic E-state index is 11.4. The SMILES string of the molecule is O=C(O)c1ccc(Oc2ccc([SiH2]c3ccc(Oc4ccc(C(=O)O)c(C(=O)O)c4)cc3)cc2)cc1C(=O)O. The third kappa shape index (κ3) is 6.48. The van der Waals surface area contributed by atoms with Crippen LogP contribution in [0.3, 0.4) is 0 Å². The Morgan fingerprint density at radius 1 is 0.436 bits per heavy atom. The monoisotopic (exact) mass is 544 g/mol. The molecule has 196 valence electrons. The Morgan fingerprint density at radius 2 is 0.744 bits per heavy atom. The average molecular weight is 545 g/mol. The van der Waals surface area contributed by atoms with E-state index >= 15 is 0 Å². The lowest BCUT2D eigenvalue weighted by Crippen LogP contribution is -2.26. The van der Waals surface area contributed by atoms with E-state index in [1.54, 1.807) is 24.3 Å². The lowest BCUT2D eigenvalue weighted by Gasteiger charge is -2.10. The number of carboxylic acids is 4. The van der Waals surface area contributed by atoms with Crippen molar-refractivity contribution in [3.8, 4) is 23.0 Å². The van der Waals surface area contributed by atoms with Crippen LogP contribution in [0.4, 0.5) is 0 Å². The summed E-state index contributed by atoms with van der Waals surface area (Å²) < 4.78 is 11.4. The first kappa shape index (κ1) is 26.6. The van der Waals surface area contributed by atoms with Crippen LogP contribution in [0.5, 0.6) is 23.0 Å². The molecule has 0 aromatic heterocycles. The van der Waals surface area contributed by atoms with Gasteiger partial charge in [0.15, 0.2) is 0 Å². The molecule has 39 heavy (non-hydrogen) atoms. The van der Waals surface area contributed by atoms with E-state index < -0.39 is 33.4 Å². The van der Waals surface area contributed by atoms with Gasteiger partial charge in [0, 0.05) is 0 Å². The fraction of sp³-hybridized carbons (Fsp3) is 0. The topological polar surface area (TPSA) is 168 Å². The fourth-order valence-electron chi connectivity index (χ4n) is 3.76. The van der Waals surface area contributed by atoms with E-state index in [-0.39, 0.29) is 33.8 Å². The third-order valence-electron chi connectivity index (χ3n) is 5.63. The molecule has 11 heteroatoms. The van der Waals surface area contributed by atoms with Crippen molar-refractivity contribution in [1.82, 2.24) is 0 Å². The van der Waals surface area contributed by atoms with Crippen molar-refractivity contribution >= 4 is 43.8 Å². The van der Waals surface area contributed by atoms with Gasteiger partial charge in [0.2, 0.25) is 0 Å². The van der Waals surface area contributed by atoms with E-state index in [4.69, 9.17) is 19.7 Å². The predicted molar refractivity (Wildman–Crippen MR) is 142 cm³/mol. The molecule has 0 saturated carbocycles. The molecule has 10 nitrogen and oxygen atoms in total. The molecule has 0 heterocycles. The minimum Gasteiger partial charge on any atom is -0.478 e. The van der Waals surface area contributed by atoms with E-state index in [0.29, 0.717) is 11.5 Å². The second-order valence-electron chi connectivity index (χ2n) is 8.30. The average Bonchev–Trinajstić information content (AvgIpc) is 2.90. The highest BCUT2D eigenvalue weighted by atomic mass is 28.2. The number of hydrogen-bond acceptors (Lipinski definition) is 6. The Kier molecular flexibility index (Phi) is 7.73. The third-order valence-corrected chi connectivity index (χ3v) is 7.39. The summed E-state index contributed by atoms with van der Waals surface area (Å²) in [6.45, 7) is 0. The minimum atomic E-state index is -1.36. The summed E-state index contributed by atoms with van der Waals surface area (Å²) in [7, 11) is -0.868. The summed E-state index contributed by atoms with van der Waals surface area (Å²) in [6, 6.07) is 22.0. The zero-order valence-electron chi connectivity index (χ0n) is 20.0. The molecular weight excluding hydrogens is 524 g/mol. The maximum Gasteiger partial charge on any atom is 0.336 e. The lowest BCUT2D eigenvalue weighted by molar-refractivity contribution is 0.0651. The predicted octanol–water partition coefficient (Wildman–Crippen LogP) is 3.18. The normalized spacial score (nSPS) is 10.5. The molecule has 0 radical (unpaired) electrons. The quantitative estimate of drug-likeness (QED) is 0.218. The van der Waals surface area contributed by atoms with Gasteiger partial charge in [-0.2, -0.15) is 0 Å². The fourth-order valence-corrected chi connectivity index (χ4v) is 5.17. The summed E-state index contributed by atoms with van der Waals surface area (Å²) in [5.74, 6) is -4.08. The number of aromatic carboxylic acids is 4. The highest BCUT2D eigenvalue weighted by Crippen LogP contribution is 2.25. The van der Waals surface area contributed by atoms with Gasteiger partial charge in [-0.3, -0.25) is 0 Å². The summed E-state index contributed by atoms with van der Waals surface area (Å²) in [6.07, 6.45) is 0. The van der Waals surface area contributed by atoms with Crippen LogP contribution in [-0.4, -0.2) is 53.8 Å². The molecule has 0 amide bonds.